The normalized spacial score (nSPS) is 10.5. The van der Waals surface area contributed by atoms with E-state index in [4.69, 9.17) is 4.74 Å². The molecular weight excluding hydrogens is 250 g/mol. The van der Waals surface area contributed by atoms with Crippen molar-refractivity contribution < 1.29 is 4.74 Å². The van der Waals surface area contributed by atoms with Crippen molar-refractivity contribution in [2.24, 2.45) is 0 Å². The fourth-order valence-corrected chi connectivity index (χ4v) is 2.76. The third kappa shape index (κ3) is 2.82. The molecule has 1 aromatic heterocycles. The molecule has 4 heteroatoms. The van der Waals surface area contributed by atoms with Crippen LogP contribution in [0.15, 0.2) is 23.6 Å². The smallest absolute Gasteiger partial charge is 0.123 e. The average Bonchev–Trinajstić information content (AvgIpc) is 2.78. The zero-order chi connectivity index (χ0) is 12.3. The number of hydrogen-bond acceptors (Lipinski definition) is 4. The predicted octanol–water partition coefficient (Wildman–Crippen LogP) is 3.60. The van der Waals surface area contributed by atoms with E-state index < -0.39 is 0 Å². The van der Waals surface area contributed by atoms with Crippen LogP contribution in [0.4, 0.5) is 0 Å². The van der Waals surface area contributed by atoms with Crippen LogP contribution in [0.3, 0.4) is 0 Å². The van der Waals surface area contributed by atoms with Crippen LogP contribution < -0.4 is 4.74 Å². The Balaban J connectivity index is 2.29. The largest absolute Gasteiger partial charge is 0.496 e. The predicted molar refractivity (Wildman–Crippen MR) is 76.4 cm³/mol. The summed E-state index contributed by atoms with van der Waals surface area (Å²) in [6, 6.07) is 6.15. The zero-order valence-electron chi connectivity index (χ0n) is 9.93. The monoisotopic (exact) mass is 265 g/mol. The fraction of sp³-hybridized carbons (Fsp3) is 0.308. The lowest BCUT2D eigenvalue weighted by atomic mass is 10.1. The van der Waals surface area contributed by atoms with E-state index in [1.807, 2.05) is 13.0 Å². The van der Waals surface area contributed by atoms with Gasteiger partial charge >= 0.3 is 0 Å². The molecular formula is C13H15NOS2. The van der Waals surface area contributed by atoms with Crippen LogP contribution in [0, 0.1) is 6.92 Å². The summed E-state index contributed by atoms with van der Waals surface area (Å²) in [4.78, 5) is 4.60. The van der Waals surface area contributed by atoms with Crippen LogP contribution in [-0.2, 0) is 6.42 Å². The number of thiazole rings is 1. The lowest BCUT2D eigenvalue weighted by Crippen LogP contribution is -1.88. The van der Waals surface area contributed by atoms with Crippen molar-refractivity contribution >= 4 is 24.0 Å². The zero-order valence-corrected chi connectivity index (χ0v) is 11.6. The highest BCUT2D eigenvalue weighted by Gasteiger charge is 2.06. The number of nitrogens with zero attached hydrogens (tertiary/aromatic N) is 1. The molecule has 2 aromatic rings. The van der Waals surface area contributed by atoms with Gasteiger partial charge in [0.1, 0.15) is 10.8 Å². The summed E-state index contributed by atoms with van der Waals surface area (Å²) in [6.45, 7) is 2.05. The molecule has 0 bridgehead atoms. The Morgan fingerprint density at radius 3 is 2.88 bits per heavy atom. The van der Waals surface area contributed by atoms with Gasteiger partial charge in [0.15, 0.2) is 0 Å². The highest BCUT2D eigenvalue weighted by atomic mass is 32.1. The minimum absolute atomic E-state index is 0.838. The highest BCUT2D eigenvalue weighted by molar-refractivity contribution is 7.80. The number of hydrogen-bond donors (Lipinski definition) is 1. The van der Waals surface area contributed by atoms with E-state index in [9.17, 15) is 0 Å². The minimum Gasteiger partial charge on any atom is -0.496 e. The van der Waals surface area contributed by atoms with Crippen LogP contribution in [0.2, 0.25) is 0 Å². The lowest BCUT2D eigenvalue weighted by molar-refractivity contribution is 0.412. The molecule has 0 aliphatic carbocycles. The maximum atomic E-state index is 5.25. The van der Waals surface area contributed by atoms with Crippen molar-refractivity contribution in [1.29, 1.82) is 0 Å². The van der Waals surface area contributed by atoms with E-state index >= 15 is 0 Å². The highest BCUT2D eigenvalue weighted by Crippen LogP contribution is 2.28. The molecule has 17 heavy (non-hydrogen) atoms. The Labute approximate surface area is 111 Å². The van der Waals surface area contributed by atoms with Gasteiger partial charge in [0.25, 0.3) is 0 Å². The molecule has 0 unspecified atom stereocenters. The number of benzene rings is 1. The molecule has 0 spiro atoms. The summed E-state index contributed by atoms with van der Waals surface area (Å²) < 4.78 is 5.25. The molecule has 0 atom stereocenters. The van der Waals surface area contributed by atoms with Gasteiger partial charge in [0.2, 0.25) is 0 Å². The summed E-state index contributed by atoms with van der Waals surface area (Å²) in [5.41, 5.74) is 3.41. The number of thiol groups is 1. The molecule has 0 fully saturated rings. The minimum atomic E-state index is 0.838. The number of aromatic nitrogens is 1. The number of aryl methyl sites for hydroxylation is 2. The number of rotatable bonds is 4. The number of methoxy groups -OCH3 is 1. The van der Waals surface area contributed by atoms with Gasteiger partial charge in [-0.3, -0.25) is 0 Å². The Morgan fingerprint density at radius 2 is 2.24 bits per heavy atom. The number of ether oxygens (including phenoxy) is 1. The summed E-state index contributed by atoms with van der Waals surface area (Å²) >= 11 is 5.90. The van der Waals surface area contributed by atoms with Crippen LogP contribution in [0.5, 0.6) is 5.75 Å². The van der Waals surface area contributed by atoms with Gasteiger partial charge in [-0.05, 0) is 42.9 Å². The first kappa shape index (κ1) is 12.5. The van der Waals surface area contributed by atoms with Crippen LogP contribution in [0.25, 0.3) is 10.6 Å². The van der Waals surface area contributed by atoms with Crippen molar-refractivity contribution in [2.75, 3.05) is 12.9 Å². The van der Waals surface area contributed by atoms with Crippen molar-refractivity contribution in [3.63, 3.8) is 0 Å². The fourth-order valence-electron chi connectivity index (χ4n) is 1.68. The Hall–Kier alpha value is -1.00. The van der Waals surface area contributed by atoms with Gasteiger partial charge < -0.3 is 4.74 Å². The van der Waals surface area contributed by atoms with Gasteiger partial charge in [-0.15, -0.1) is 11.3 Å². The standard InChI is InChI=1S/C13H15NOS2/c1-9-7-10(3-4-12(9)15-2)13-14-11(5-6-16)8-17-13/h3-4,7-8,16H,5-6H2,1-2H3. The van der Waals surface area contributed by atoms with Crippen molar-refractivity contribution in [3.05, 3.63) is 34.8 Å². The second kappa shape index (κ2) is 5.56. The van der Waals surface area contributed by atoms with E-state index in [0.29, 0.717) is 0 Å². The Bertz CT molecular complexity index is 508. The molecule has 0 amide bonds. The third-order valence-electron chi connectivity index (χ3n) is 2.56. The van der Waals surface area contributed by atoms with Gasteiger partial charge in [-0.2, -0.15) is 12.6 Å². The third-order valence-corrected chi connectivity index (χ3v) is 3.73. The van der Waals surface area contributed by atoms with Gasteiger partial charge in [-0.25, -0.2) is 4.98 Å². The topological polar surface area (TPSA) is 22.1 Å². The molecule has 0 aliphatic rings. The van der Waals surface area contributed by atoms with E-state index in [0.717, 1.165) is 39.8 Å². The van der Waals surface area contributed by atoms with Gasteiger partial charge in [0, 0.05) is 10.9 Å². The quantitative estimate of drug-likeness (QED) is 0.853. The van der Waals surface area contributed by atoms with Crippen LogP contribution >= 0.6 is 24.0 Å². The molecule has 0 saturated heterocycles. The maximum absolute atomic E-state index is 5.25. The first-order valence-corrected chi connectivity index (χ1v) is 6.96. The van der Waals surface area contributed by atoms with Crippen molar-refractivity contribution in [3.8, 4) is 16.3 Å². The molecule has 0 saturated carbocycles. The molecule has 1 heterocycles. The molecule has 2 nitrogen and oxygen atoms in total. The summed E-state index contributed by atoms with van der Waals surface area (Å²) in [6.07, 6.45) is 0.925. The SMILES string of the molecule is COc1ccc(-c2nc(CCS)cs2)cc1C. The van der Waals surface area contributed by atoms with Crippen LogP contribution in [-0.4, -0.2) is 17.8 Å². The average molecular weight is 265 g/mol. The Kier molecular flexibility index (Phi) is 4.07. The van der Waals surface area contributed by atoms with Crippen LogP contribution in [0.1, 0.15) is 11.3 Å². The summed E-state index contributed by atoms with van der Waals surface area (Å²) in [7, 11) is 1.69. The van der Waals surface area contributed by atoms with E-state index in [1.165, 1.54) is 0 Å². The maximum Gasteiger partial charge on any atom is 0.123 e. The first-order valence-electron chi connectivity index (χ1n) is 5.45. The molecule has 90 valence electrons. The molecule has 0 radical (unpaired) electrons. The van der Waals surface area contributed by atoms with Crippen molar-refractivity contribution in [2.45, 2.75) is 13.3 Å². The molecule has 2 rings (SSSR count). The lowest BCUT2D eigenvalue weighted by Gasteiger charge is -2.05. The molecule has 0 N–H and O–H groups in total. The van der Waals surface area contributed by atoms with E-state index in [1.54, 1.807) is 18.4 Å². The summed E-state index contributed by atoms with van der Waals surface area (Å²) in [5.74, 6) is 1.76. The Morgan fingerprint density at radius 1 is 1.41 bits per heavy atom. The van der Waals surface area contributed by atoms with E-state index in [2.05, 4.69) is 35.1 Å². The van der Waals surface area contributed by atoms with E-state index in [-0.39, 0.29) is 0 Å². The second-order valence-electron chi connectivity index (χ2n) is 3.80. The molecule has 1 aromatic carbocycles. The second-order valence-corrected chi connectivity index (χ2v) is 5.11. The summed E-state index contributed by atoms with van der Waals surface area (Å²) in [5, 5.41) is 3.16. The molecule has 0 aliphatic heterocycles. The first-order chi connectivity index (χ1) is 8.24. The van der Waals surface area contributed by atoms with Crippen molar-refractivity contribution in [1.82, 2.24) is 4.98 Å². The van der Waals surface area contributed by atoms with Gasteiger partial charge in [-0.1, -0.05) is 0 Å². The van der Waals surface area contributed by atoms with Gasteiger partial charge in [0.05, 0.1) is 12.8 Å².